The third kappa shape index (κ3) is 4.85. The van der Waals surface area contributed by atoms with Crippen LogP contribution in [0.25, 0.3) is 6.08 Å². The first-order valence-electron chi connectivity index (χ1n) is 8.34. The molecule has 0 aliphatic rings. The molecular weight excluding hydrogens is 376 g/mol. The Bertz CT molecular complexity index is 993. The zero-order valence-corrected chi connectivity index (χ0v) is 16.6. The summed E-state index contributed by atoms with van der Waals surface area (Å²) in [5.41, 5.74) is 2.94. The lowest BCUT2D eigenvalue weighted by molar-refractivity contribution is -0.112. The van der Waals surface area contributed by atoms with E-state index in [1.165, 1.54) is 13.2 Å². The number of anilines is 1. The number of aryl methyl sites for hydroxylation is 2. The number of hydrogen-bond donors (Lipinski definition) is 1. The fourth-order valence-electron chi connectivity index (χ4n) is 2.58. The Morgan fingerprint density at radius 2 is 2.00 bits per heavy atom. The Balaban J connectivity index is 2.36. The van der Waals surface area contributed by atoms with Crippen LogP contribution in [0.15, 0.2) is 35.9 Å². The number of nitrogens with one attached hydrogen (secondary N) is 1. The van der Waals surface area contributed by atoms with Crippen LogP contribution in [0.5, 0.6) is 11.5 Å². The number of terminal acetylenes is 1. The van der Waals surface area contributed by atoms with Crippen molar-refractivity contribution < 1.29 is 14.3 Å². The number of ether oxygens (including phenoxy) is 2. The molecule has 28 heavy (non-hydrogen) atoms. The summed E-state index contributed by atoms with van der Waals surface area (Å²) in [6, 6.07) is 10.8. The molecule has 0 fully saturated rings. The number of carbonyl (C=O) groups excluding carboxylic acids is 1. The van der Waals surface area contributed by atoms with Crippen molar-refractivity contribution in [3.63, 3.8) is 0 Å². The van der Waals surface area contributed by atoms with Crippen LogP contribution in [0.2, 0.25) is 5.02 Å². The molecule has 0 aromatic heterocycles. The lowest BCUT2D eigenvalue weighted by atomic mass is 10.1. The minimum atomic E-state index is -0.511. The Morgan fingerprint density at radius 1 is 1.32 bits per heavy atom. The van der Waals surface area contributed by atoms with Crippen LogP contribution in [-0.4, -0.2) is 19.6 Å². The number of nitrogens with zero attached hydrogens (tertiary/aromatic N) is 1. The van der Waals surface area contributed by atoms with E-state index in [2.05, 4.69) is 11.2 Å². The van der Waals surface area contributed by atoms with E-state index in [4.69, 9.17) is 27.5 Å². The van der Waals surface area contributed by atoms with Gasteiger partial charge in [-0.2, -0.15) is 5.26 Å². The number of rotatable bonds is 6. The van der Waals surface area contributed by atoms with Crippen LogP contribution in [-0.2, 0) is 4.79 Å². The third-order valence-corrected chi connectivity index (χ3v) is 4.23. The lowest BCUT2D eigenvalue weighted by Crippen LogP contribution is -2.15. The Labute approximate surface area is 169 Å². The molecule has 2 aromatic rings. The summed E-state index contributed by atoms with van der Waals surface area (Å²) < 4.78 is 10.7. The van der Waals surface area contributed by atoms with Crippen LogP contribution in [0.3, 0.4) is 0 Å². The fraction of sp³-hybridized carbons (Fsp3) is 0.182. The highest BCUT2D eigenvalue weighted by Gasteiger charge is 2.15. The van der Waals surface area contributed by atoms with Gasteiger partial charge in [0.15, 0.2) is 11.5 Å². The molecule has 2 aromatic carbocycles. The van der Waals surface area contributed by atoms with Gasteiger partial charge < -0.3 is 14.8 Å². The normalized spacial score (nSPS) is 10.6. The quantitative estimate of drug-likeness (QED) is 0.444. The van der Waals surface area contributed by atoms with Gasteiger partial charge in [0.2, 0.25) is 0 Å². The number of hydrogen-bond acceptors (Lipinski definition) is 4. The molecule has 6 heteroatoms. The van der Waals surface area contributed by atoms with E-state index in [1.54, 1.807) is 12.1 Å². The van der Waals surface area contributed by atoms with Gasteiger partial charge in [-0.15, -0.1) is 6.42 Å². The highest BCUT2D eigenvalue weighted by Crippen LogP contribution is 2.37. The molecule has 0 atom stereocenters. The summed E-state index contributed by atoms with van der Waals surface area (Å²) in [5, 5.41) is 12.5. The monoisotopic (exact) mass is 394 g/mol. The van der Waals surface area contributed by atoms with Gasteiger partial charge in [-0.25, -0.2) is 0 Å². The predicted octanol–water partition coefficient (Wildman–Crippen LogP) is 4.52. The van der Waals surface area contributed by atoms with E-state index in [0.29, 0.717) is 22.7 Å². The van der Waals surface area contributed by atoms with Crippen molar-refractivity contribution in [3.05, 3.63) is 57.6 Å². The Morgan fingerprint density at radius 3 is 2.57 bits per heavy atom. The minimum Gasteiger partial charge on any atom is -0.493 e. The smallest absolute Gasteiger partial charge is 0.266 e. The topological polar surface area (TPSA) is 71.3 Å². The van der Waals surface area contributed by atoms with Crippen LogP contribution < -0.4 is 14.8 Å². The van der Waals surface area contributed by atoms with Crippen molar-refractivity contribution in [1.29, 1.82) is 5.26 Å². The minimum absolute atomic E-state index is 0.0346. The average molecular weight is 395 g/mol. The zero-order valence-electron chi connectivity index (χ0n) is 15.8. The molecule has 1 amide bonds. The van der Waals surface area contributed by atoms with Gasteiger partial charge in [-0.05, 0) is 48.7 Å². The van der Waals surface area contributed by atoms with Crippen LogP contribution in [0, 0.1) is 37.5 Å². The summed E-state index contributed by atoms with van der Waals surface area (Å²) in [4.78, 5) is 12.6. The number of nitriles is 1. The first-order chi connectivity index (χ1) is 13.4. The molecule has 0 saturated carbocycles. The standard InChI is InChI=1S/C22H19ClN2O3/c1-5-9-28-21-18(23)11-16(12-19(21)27-4)10-17(13-24)22(26)25-20-14(2)7-6-8-15(20)3/h1,6-8,10-12H,9H2,2-4H3,(H,25,26)/b17-10+. The molecule has 0 unspecified atom stereocenters. The second kappa shape index (κ2) is 9.50. The molecule has 0 aliphatic carbocycles. The number of para-hydroxylation sites is 1. The maximum absolute atomic E-state index is 12.6. The second-order valence-corrected chi connectivity index (χ2v) is 6.32. The van der Waals surface area contributed by atoms with Gasteiger partial charge in [-0.3, -0.25) is 4.79 Å². The molecular formula is C22H19ClN2O3. The van der Waals surface area contributed by atoms with Gasteiger partial charge in [0.25, 0.3) is 5.91 Å². The first-order valence-corrected chi connectivity index (χ1v) is 8.72. The van der Waals surface area contributed by atoms with Gasteiger partial charge in [0.1, 0.15) is 18.2 Å². The Hall–Kier alpha value is -3.41. The molecule has 1 N–H and O–H groups in total. The number of benzene rings is 2. The van der Waals surface area contributed by atoms with Gasteiger partial charge >= 0.3 is 0 Å². The zero-order chi connectivity index (χ0) is 20.7. The van der Waals surface area contributed by atoms with Gasteiger partial charge in [0.05, 0.1) is 12.1 Å². The van der Waals surface area contributed by atoms with E-state index in [0.717, 1.165) is 11.1 Å². The van der Waals surface area contributed by atoms with Crippen molar-refractivity contribution >= 4 is 29.3 Å². The summed E-state index contributed by atoms with van der Waals surface area (Å²) in [7, 11) is 1.46. The fourth-order valence-corrected chi connectivity index (χ4v) is 2.86. The third-order valence-electron chi connectivity index (χ3n) is 3.95. The molecule has 0 aliphatic heterocycles. The number of methoxy groups -OCH3 is 1. The van der Waals surface area contributed by atoms with Gasteiger partial charge in [0, 0.05) is 5.69 Å². The maximum Gasteiger partial charge on any atom is 0.266 e. The summed E-state index contributed by atoms with van der Waals surface area (Å²) >= 11 is 6.24. The number of amides is 1. The number of carbonyl (C=O) groups is 1. The van der Waals surface area contributed by atoms with Crippen molar-refractivity contribution in [2.75, 3.05) is 19.0 Å². The van der Waals surface area contributed by atoms with Crippen LogP contribution >= 0.6 is 11.6 Å². The van der Waals surface area contributed by atoms with Crippen molar-refractivity contribution in [2.24, 2.45) is 0 Å². The SMILES string of the molecule is C#CCOc1c(Cl)cc(/C=C(\C#N)C(=O)Nc2c(C)cccc2C)cc1OC. The predicted molar refractivity (Wildman–Crippen MR) is 110 cm³/mol. The summed E-state index contributed by atoms with van der Waals surface area (Å²) in [6.07, 6.45) is 6.63. The highest BCUT2D eigenvalue weighted by molar-refractivity contribution is 6.32. The molecule has 0 radical (unpaired) electrons. The summed E-state index contributed by atoms with van der Waals surface area (Å²) in [5.74, 6) is 2.49. The van der Waals surface area contributed by atoms with Crippen molar-refractivity contribution in [2.45, 2.75) is 13.8 Å². The number of halogens is 1. The van der Waals surface area contributed by atoms with Crippen molar-refractivity contribution in [1.82, 2.24) is 0 Å². The molecule has 0 bridgehead atoms. The van der Waals surface area contributed by atoms with E-state index in [9.17, 15) is 10.1 Å². The maximum atomic E-state index is 12.6. The molecule has 142 valence electrons. The van der Waals surface area contributed by atoms with Crippen LogP contribution in [0.1, 0.15) is 16.7 Å². The average Bonchev–Trinajstić information content (AvgIpc) is 2.67. The molecule has 0 heterocycles. The van der Waals surface area contributed by atoms with E-state index in [1.807, 2.05) is 38.1 Å². The first kappa shape index (κ1) is 20.9. The Kier molecular flexibility index (Phi) is 7.09. The van der Waals surface area contributed by atoms with E-state index < -0.39 is 5.91 Å². The highest BCUT2D eigenvalue weighted by atomic mass is 35.5. The molecule has 2 rings (SSSR count). The summed E-state index contributed by atoms with van der Waals surface area (Å²) in [6.45, 7) is 3.81. The van der Waals surface area contributed by atoms with E-state index >= 15 is 0 Å². The molecule has 0 spiro atoms. The largest absolute Gasteiger partial charge is 0.493 e. The molecule has 0 saturated heterocycles. The van der Waals surface area contributed by atoms with Gasteiger partial charge in [-0.1, -0.05) is 35.7 Å². The second-order valence-electron chi connectivity index (χ2n) is 5.92. The van der Waals surface area contributed by atoms with Crippen molar-refractivity contribution in [3.8, 4) is 29.9 Å². The lowest BCUT2D eigenvalue weighted by Gasteiger charge is -2.12. The van der Waals surface area contributed by atoms with Crippen LogP contribution in [0.4, 0.5) is 5.69 Å². The van der Waals surface area contributed by atoms with E-state index in [-0.39, 0.29) is 17.2 Å². The molecule has 5 nitrogen and oxygen atoms in total.